The van der Waals surface area contributed by atoms with Crippen LogP contribution in [-0.2, 0) is 0 Å². The summed E-state index contributed by atoms with van der Waals surface area (Å²) in [4.78, 5) is 4.97. The third kappa shape index (κ3) is 3.65. The average Bonchev–Trinajstić information content (AvgIpc) is 2.14. The monoisotopic (exact) mass is 219 g/mol. The van der Waals surface area contributed by atoms with E-state index in [2.05, 4.69) is 4.98 Å². The quantitative estimate of drug-likeness (QED) is 0.846. The van der Waals surface area contributed by atoms with Gasteiger partial charge in [0.05, 0.1) is 11.9 Å². The van der Waals surface area contributed by atoms with Crippen LogP contribution in [-0.4, -0.2) is 24.2 Å². The lowest BCUT2D eigenvalue weighted by molar-refractivity contribution is -0.119. The third-order valence-electron chi connectivity index (χ3n) is 1.85. The van der Waals surface area contributed by atoms with Gasteiger partial charge in [-0.05, 0) is 19.1 Å². The molecule has 0 spiro atoms. The summed E-state index contributed by atoms with van der Waals surface area (Å²) in [5, 5.41) is 0. The number of nitrogens with zero attached hydrogens (tertiary/aromatic N) is 2. The molecule has 0 amide bonds. The van der Waals surface area contributed by atoms with E-state index in [1.165, 1.54) is 18.3 Å². The molecule has 0 bridgehead atoms. The Balaban J connectivity index is 2.79. The first kappa shape index (κ1) is 11.6. The summed E-state index contributed by atoms with van der Waals surface area (Å²) in [6.07, 6.45) is -2.88. The van der Waals surface area contributed by atoms with Gasteiger partial charge in [0.25, 0.3) is 0 Å². The van der Waals surface area contributed by atoms with Gasteiger partial charge in [-0.25, -0.2) is 4.98 Å². The summed E-state index contributed by atoms with van der Waals surface area (Å²) in [6, 6.07) is 3.01. The topological polar surface area (TPSA) is 42.1 Å². The molecule has 0 aliphatic carbocycles. The number of rotatable bonds is 3. The van der Waals surface area contributed by atoms with E-state index in [-0.39, 0.29) is 12.4 Å². The Hall–Kier alpha value is -1.46. The minimum atomic E-state index is -4.22. The van der Waals surface area contributed by atoms with Crippen LogP contribution in [0.3, 0.4) is 0 Å². The molecule has 6 heteroatoms. The summed E-state index contributed by atoms with van der Waals surface area (Å²) in [5.41, 5.74) is 5.82. The van der Waals surface area contributed by atoms with Crippen molar-refractivity contribution in [3.63, 3.8) is 0 Å². The van der Waals surface area contributed by atoms with E-state index in [0.29, 0.717) is 5.69 Å². The molecule has 0 unspecified atom stereocenters. The van der Waals surface area contributed by atoms with Crippen LogP contribution in [0.1, 0.15) is 6.92 Å². The zero-order valence-corrected chi connectivity index (χ0v) is 8.25. The van der Waals surface area contributed by atoms with Crippen LogP contribution in [0.15, 0.2) is 18.3 Å². The van der Waals surface area contributed by atoms with Crippen molar-refractivity contribution < 1.29 is 13.2 Å². The molecule has 3 nitrogen and oxygen atoms in total. The summed E-state index contributed by atoms with van der Waals surface area (Å²) in [7, 11) is 0. The molecule has 0 atom stereocenters. The van der Waals surface area contributed by atoms with Gasteiger partial charge in [-0.3, -0.25) is 0 Å². The van der Waals surface area contributed by atoms with Crippen LogP contribution >= 0.6 is 0 Å². The molecule has 1 aromatic rings. The Bertz CT molecular complexity index is 307. The van der Waals surface area contributed by atoms with Crippen LogP contribution in [0, 0.1) is 0 Å². The molecule has 0 saturated heterocycles. The number of nitrogens with two attached hydrogens (primary N) is 1. The largest absolute Gasteiger partial charge is 0.405 e. The molecule has 0 aromatic carbocycles. The number of nitrogen functional groups attached to an aromatic ring is 1. The Morgan fingerprint density at radius 2 is 2.07 bits per heavy atom. The first-order valence-electron chi connectivity index (χ1n) is 4.45. The molecule has 0 aliphatic rings. The van der Waals surface area contributed by atoms with Gasteiger partial charge in [0.1, 0.15) is 12.4 Å². The lowest BCUT2D eigenvalue weighted by atomic mass is 10.3. The van der Waals surface area contributed by atoms with E-state index in [0.717, 1.165) is 4.90 Å². The molecule has 15 heavy (non-hydrogen) atoms. The summed E-state index contributed by atoms with van der Waals surface area (Å²) in [5.74, 6) is 0.282. The van der Waals surface area contributed by atoms with E-state index < -0.39 is 12.7 Å². The van der Waals surface area contributed by atoms with Crippen molar-refractivity contribution in [1.29, 1.82) is 0 Å². The minimum absolute atomic E-state index is 0.246. The molecular weight excluding hydrogens is 207 g/mol. The van der Waals surface area contributed by atoms with Crippen molar-refractivity contribution in [3.05, 3.63) is 18.3 Å². The maximum atomic E-state index is 12.2. The highest BCUT2D eigenvalue weighted by molar-refractivity contribution is 5.45. The fourth-order valence-corrected chi connectivity index (χ4v) is 1.16. The first-order valence-corrected chi connectivity index (χ1v) is 4.45. The molecular formula is C9H12F3N3. The smallest absolute Gasteiger partial charge is 0.397 e. The molecule has 0 saturated carbocycles. The van der Waals surface area contributed by atoms with E-state index in [9.17, 15) is 13.2 Å². The third-order valence-corrected chi connectivity index (χ3v) is 1.85. The van der Waals surface area contributed by atoms with Gasteiger partial charge in [0.2, 0.25) is 0 Å². The number of halogens is 3. The summed E-state index contributed by atoms with van der Waals surface area (Å²) in [6.45, 7) is 0.890. The van der Waals surface area contributed by atoms with Gasteiger partial charge in [-0.15, -0.1) is 0 Å². The maximum absolute atomic E-state index is 12.2. The predicted molar refractivity (Wildman–Crippen MR) is 52.6 cm³/mol. The molecule has 84 valence electrons. The van der Waals surface area contributed by atoms with Gasteiger partial charge in [0.15, 0.2) is 0 Å². The van der Waals surface area contributed by atoms with Crippen molar-refractivity contribution >= 4 is 11.5 Å². The molecule has 2 N–H and O–H groups in total. The van der Waals surface area contributed by atoms with Gasteiger partial charge >= 0.3 is 6.18 Å². The summed E-state index contributed by atoms with van der Waals surface area (Å²) >= 11 is 0. The Morgan fingerprint density at radius 3 is 2.47 bits per heavy atom. The fraction of sp³-hybridized carbons (Fsp3) is 0.444. The molecule has 1 heterocycles. The highest BCUT2D eigenvalue weighted by Gasteiger charge is 2.30. The number of alkyl halides is 3. The number of aromatic nitrogens is 1. The molecule has 1 aromatic heterocycles. The standard InChI is InChI=1S/C9H12F3N3/c1-2-15(6-9(10,11)12)8-4-3-7(13)5-14-8/h3-5H,2,6,13H2,1H3. The maximum Gasteiger partial charge on any atom is 0.405 e. The van der Waals surface area contributed by atoms with E-state index in [4.69, 9.17) is 5.73 Å². The van der Waals surface area contributed by atoms with Crippen molar-refractivity contribution in [2.24, 2.45) is 0 Å². The second-order valence-corrected chi connectivity index (χ2v) is 3.08. The lowest BCUT2D eigenvalue weighted by Gasteiger charge is -2.23. The number of anilines is 2. The zero-order valence-electron chi connectivity index (χ0n) is 8.25. The fourth-order valence-electron chi connectivity index (χ4n) is 1.16. The highest BCUT2D eigenvalue weighted by Crippen LogP contribution is 2.20. The average molecular weight is 219 g/mol. The highest BCUT2D eigenvalue weighted by atomic mass is 19.4. The number of hydrogen-bond donors (Lipinski definition) is 1. The number of pyridine rings is 1. The molecule has 0 fully saturated rings. The lowest BCUT2D eigenvalue weighted by Crippen LogP contribution is -2.34. The van der Waals surface area contributed by atoms with Crippen LogP contribution in [0.4, 0.5) is 24.7 Å². The van der Waals surface area contributed by atoms with E-state index >= 15 is 0 Å². The van der Waals surface area contributed by atoms with Crippen molar-refractivity contribution in [1.82, 2.24) is 4.98 Å². The van der Waals surface area contributed by atoms with Crippen LogP contribution in [0.5, 0.6) is 0 Å². The second-order valence-electron chi connectivity index (χ2n) is 3.08. The minimum Gasteiger partial charge on any atom is -0.397 e. The zero-order chi connectivity index (χ0) is 11.5. The van der Waals surface area contributed by atoms with Crippen molar-refractivity contribution in [2.45, 2.75) is 13.1 Å². The van der Waals surface area contributed by atoms with Crippen LogP contribution in [0.2, 0.25) is 0 Å². The van der Waals surface area contributed by atoms with E-state index in [1.54, 1.807) is 6.92 Å². The normalized spacial score (nSPS) is 11.5. The van der Waals surface area contributed by atoms with Gasteiger partial charge in [0, 0.05) is 6.54 Å². The molecule has 1 rings (SSSR count). The predicted octanol–water partition coefficient (Wildman–Crippen LogP) is 2.05. The summed E-state index contributed by atoms with van der Waals surface area (Å²) < 4.78 is 36.5. The second kappa shape index (κ2) is 4.37. The van der Waals surface area contributed by atoms with E-state index in [1.807, 2.05) is 0 Å². The van der Waals surface area contributed by atoms with Crippen molar-refractivity contribution in [3.8, 4) is 0 Å². The van der Waals surface area contributed by atoms with Crippen LogP contribution in [0.25, 0.3) is 0 Å². The molecule has 0 aliphatic heterocycles. The van der Waals surface area contributed by atoms with Crippen molar-refractivity contribution in [2.75, 3.05) is 23.7 Å². The van der Waals surface area contributed by atoms with Gasteiger partial charge in [-0.2, -0.15) is 13.2 Å². The van der Waals surface area contributed by atoms with Crippen LogP contribution < -0.4 is 10.6 Å². The SMILES string of the molecule is CCN(CC(F)(F)F)c1ccc(N)cn1. The Morgan fingerprint density at radius 1 is 1.40 bits per heavy atom. The Kier molecular flexibility index (Phi) is 3.39. The Labute approximate surface area is 85.7 Å². The molecule has 0 radical (unpaired) electrons. The van der Waals surface area contributed by atoms with Gasteiger partial charge < -0.3 is 10.6 Å². The number of hydrogen-bond acceptors (Lipinski definition) is 3. The van der Waals surface area contributed by atoms with Gasteiger partial charge in [-0.1, -0.05) is 0 Å². The first-order chi connectivity index (χ1) is 6.92.